The van der Waals surface area contributed by atoms with Crippen LogP contribution >= 0.6 is 0 Å². The molecule has 1 aliphatic carbocycles. The Morgan fingerprint density at radius 3 is 2.06 bits per heavy atom. The molecule has 0 aromatic rings. The molecule has 0 amide bonds. The van der Waals surface area contributed by atoms with Crippen molar-refractivity contribution in [2.75, 3.05) is 13.1 Å². The number of rotatable bonds is 2. The van der Waals surface area contributed by atoms with E-state index in [0.717, 1.165) is 45.2 Å². The molecule has 1 N–H and O–H groups in total. The number of likely N-dealkylation sites (tertiary alicyclic amines) is 1. The Labute approximate surface area is 104 Å². The van der Waals surface area contributed by atoms with Crippen molar-refractivity contribution in [2.45, 2.75) is 64.3 Å². The predicted molar refractivity (Wildman–Crippen MR) is 68.0 cm³/mol. The van der Waals surface area contributed by atoms with Gasteiger partial charge in [0, 0.05) is 0 Å². The molecule has 0 radical (unpaired) electrons. The summed E-state index contributed by atoms with van der Waals surface area (Å²) in [5, 5.41) is 9.70. The fourth-order valence-corrected chi connectivity index (χ4v) is 3.60. The third-order valence-corrected chi connectivity index (χ3v) is 4.60. The third-order valence-electron chi connectivity index (χ3n) is 4.60. The van der Waals surface area contributed by atoms with Gasteiger partial charge >= 0.3 is 5.97 Å². The second-order valence-corrected chi connectivity index (χ2v) is 6.58. The van der Waals surface area contributed by atoms with Crippen LogP contribution in [0.1, 0.15) is 58.8 Å². The summed E-state index contributed by atoms with van der Waals surface area (Å²) in [5.74, 6) is -0.593. The molecular weight excluding hydrogens is 214 g/mol. The number of aliphatic carboxylic acids is 1. The van der Waals surface area contributed by atoms with Gasteiger partial charge in [-0.3, -0.25) is 9.69 Å². The van der Waals surface area contributed by atoms with Crippen molar-refractivity contribution in [2.24, 2.45) is 5.41 Å². The second-order valence-electron chi connectivity index (χ2n) is 6.58. The number of carboxylic acid groups (broad SMARTS) is 1. The predicted octanol–water partition coefficient (Wildman–Crippen LogP) is 2.90. The maximum Gasteiger partial charge on any atom is 0.324 e. The average Bonchev–Trinajstić information content (AvgIpc) is 2.47. The maximum atomic E-state index is 11.8. The highest BCUT2D eigenvalue weighted by atomic mass is 16.4. The summed E-state index contributed by atoms with van der Waals surface area (Å²) in [6, 6.07) is 0. The van der Waals surface area contributed by atoms with Crippen LogP contribution in [0.15, 0.2) is 0 Å². The monoisotopic (exact) mass is 239 g/mol. The van der Waals surface area contributed by atoms with Gasteiger partial charge in [0.15, 0.2) is 0 Å². The molecule has 1 unspecified atom stereocenters. The summed E-state index contributed by atoms with van der Waals surface area (Å²) in [5.41, 5.74) is -0.376. The molecule has 1 heterocycles. The summed E-state index contributed by atoms with van der Waals surface area (Å²) in [7, 11) is 0. The number of carboxylic acids is 1. The first kappa shape index (κ1) is 12.9. The van der Waals surface area contributed by atoms with Crippen LogP contribution in [0.5, 0.6) is 0 Å². The molecule has 1 aliphatic heterocycles. The molecule has 1 atom stereocenters. The normalized spacial score (nSPS) is 34.5. The first-order chi connectivity index (χ1) is 7.96. The van der Waals surface area contributed by atoms with E-state index in [1.807, 2.05) is 0 Å². The van der Waals surface area contributed by atoms with Crippen molar-refractivity contribution >= 4 is 5.97 Å². The second kappa shape index (κ2) is 4.60. The average molecular weight is 239 g/mol. The summed E-state index contributed by atoms with van der Waals surface area (Å²) in [6.07, 6.45) is 7.52. The van der Waals surface area contributed by atoms with Crippen molar-refractivity contribution < 1.29 is 9.90 Å². The lowest BCUT2D eigenvalue weighted by Gasteiger charge is -2.38. The van der Waals surface area contributed by atoms with Gasteiger partial charge in [-0.05, 0) is 50.6 Å². The highest BCUT2D eigenvalue weighted by Gasteiger charge is 2.52. The van der Waals surface area contributed by atoms with Crippen LogP contribution in [0.2, 0.25) is 0 Å². The van der Waals surface area contributed by atoms with E-state index in [1.54, 1.807) is 0 Å². The lowest BCUT2D eigenvalue weighted by Crippen LogP contribution is -2.53. The number of hydrogen-bond acceptors (Lipinski definition) is 2. The van der Waals surface area contributed by atoms with E-state index in [0.29, 0.717) is 0 Å². The van der Waals surface area contributed by atoms with E-state index in [-0.39, 0.29) is 5.41 Å². The lowest BCUT2D eigenvalue weighted by molar-refractivity contribution is -0.152. The zero-order valence-electron chi connectivity index (χ0n) is 11.2. The van der Waals surface area contributed by atoms with Crippen molar-refractivity contribution in [1.29, 1.82) is 0 Å². The first-order valence-corrected chi connectivity index (χ1v) is 6.95. The Bertz CT molecular complexity index is 293. The molecule has 0 bridgehead atoms. The summed E-state index contributed by atoms with van der Waals surface area (Å²) < 4.78 is 0. The van der Waals surface area contributed by atoms with Gasteiger partial charge in [0.2, 0.25) is 0 Å². The third kappa shape index (κ3) is 2.49. The van der Waals surface area contributed by atoms with E-state index in [2.05, 4.69) is 18.7 Å². The Balaban J connectivity index is 2.19. The van der Waals surface area contributed by atoms with E-state index in [9.17, 15) is 9.90 Å². The van der Waals surface area contributed by atoms with Gasteiger partial charge in [-0.25, -0.2) is 0 Å². The zero-order chi connectivity index (χ0) is 12.5. The molecule has 0 spiro atoms. The van der Waals surface area contributed by atoms with Crippen LogP contribution in [0.25, 0.3) is 0 Å². The quantitative estimate of drug-likeness (QED) is 0.805. The van der Waals surface area contributed by atoms with Gasteiger partial charge < -0.3 is 5.11 Å². The van der Waals surface area contributed by atoms with Crippen LogP contribution in [-0.4, -0.2) is 34.6 Å². The van der Waals surface area contributed by atoms with E-state index in [1.165, 1.54) is 12.8 Å². The topological polar surface area (TPSA) is 40.5 Å². The molecule has 2 fully saturated rings. The molecule has 2 rings (SSSR count). The van der Waals surface area contributed by atoms with E-state index in [4.69, 9.17) is 0 Å². The van der Waals surface area contributed by atoms with Gasteiger partial charge in [0.1, 0.15) is 5.54 Å². The summed E-state index contributed by atoms with van der Waals surface area (Å²) >= 11 is 0. The fourth-order valence-electron chi connectivity index (χ4n) is 3.60. The van der Waals surface area contributed by atoms with Crippen LogP contribution in [0, 0.1) is 5.41 Å². The van der Waals surface area contributed by atoms with E-state index >= 15 is 0 Å². The number of nitrogens with zero attached hydrogens (tertiary/aromatic N) is 1. The van der Waals surface area contributed by atoms with Crippen LogP contribution in [0.4, 0.5) is 0 Å². The maximum absolute atomic E-state index is 11.8. The van der Waals surface area contributed by atoms with Crippen LogP contribution in [-0.2, 0) is 4.79 Å². The lowest BCUT2D eigenvalue weighted by atomic mass is 9.86. The van der Waals surface area contributed by atoms with Gasteiger partial charge in [0.25, 0.3) is 0 Å². The van der Waals surface area contributed by atoms with Crippen molar-refractivity contribution in [3.8, 4) is 0 Å². The van der Waals surface area contributed by atoms with Crippen molar-refractivity contribution in [3.63, 3.8) is 0 Å². The van der Waals surface area contributed by atoms with Crippen molar-refractivity contribution in [1.82, 2.24) is 4.90 Å². The molecule has 0 aromatic carbocycles. The van der Waals surface area contributed by atoms with Gasteiger partial charge in [-0.2, -0.15) is 0 Å². The smallest absolute Gasteiger partial charge is 0.324 e. The zero-order valence-corrected chi connectivity index (χ0v) is 11.2. The number of hydrogen-bond donors (Lipinski definition) is 1. The number of carbonyl (C=O) groups is 1. The molecule has 3 nitrogen and oxygen atoms in total. The molecule has 1 saturated carbocycles. The van der Waals surface area contributed by atoms with Gasteiger partial charge in [0.05, 0.1) is 0 Å². The Morgan fingerprint density at radius 1 is 1.06 bits per heavy atom. The van der Waals surface area contributed by atoms with Crippen LogP contribution in [0.3, 0.4) is 0 Å². The molecule has 98 valence electrons. The van der Waals surface area contributed by atoms with E-state index < -0.39 is 11.5 Å². The Hall–Kier alpha value is -0.570. The summed E-state index contributed by atoms with van der Waals surface area (Å²) in [4.78, 5) is 14.1. The molecule has 1 saturated heterocycles. The van der Waals surface area contributed by atoms with Gasteiger partial charge in [-0.15, -0.1) is 0 Å². The Morgan fingerprint density at radius 2 is 1.65 bits per heavy atom. The minimum atomic E-state index is -0.593. The highest BCUT2D eigenvalue weighted by molar-refractivity contribution is 5.79. The molecule has 0 aromatic heterocycles. The van der Waals surface area contributed by atoms with Gasteiger partial charge in [-0.1, -0.05) is 26.7 Å². The molecule has 2 aliphatic rings. The summed E-state index contributed by atoms with van der Waals surface area (Å²) in [6.45, 7) is 6.36. The molecule has 17 heavy (non-hydrogen) atoms. The minimum absolute atomic E-state index is 0.185. The minimum Gasteiger partial charge on any atom is -0.480 e. The SMILES string of the molecule is CC1(C)CCC(C(=O)O)(N2CCCCCC2)C1. The molecule has 3 heteroatoms. The highest BCUT2D eigenvalue weighted by Crippen LogP contribution is 2.47. The fraction of sp³-hybridized carbons (Fsp3) is 0.929. The Kier molecular flexibility index (Phi) is 3.48. The largest absolute Gasteiger partial charge is 0.480 e. The molecular formula is C14H25NO2. The first-order valence-electron chi connectivity index (χ1n) is 6.95. The van der Waals surface area contributed by atoms with Crippen molar-refractivity contribution in [3.05, 3.63) is 0 Å². The standard InChI is InChI=1S/C14H25NO2/c1-13(2)7-8-14(11-13,12(16)17)15-9-5-3-4-6-10-15/h3-11H2,1-2H3,(H,16,17). The van der Waals surface area contributed by atoms with Crippen LogP contribution < -0.4 is 0 Å².